The SMILES string of the molecule is Br.NCCc1nsc(S)n1. The molecule has 0 saturated heterocycles. The third-order valence-electron chi connectivity index (χ3n) is 0.825. The van der Waals surface area contributed by atoms with Gasteiger partial charge in [0.25, 0.3) is 0 Å². The van der Waals surface area contributed by atoms with E-state index in [1.54, 1.807) is 0 Å². The van der Waals surface area contributed by atoms with E-state index in [-0.39, 0.29) is 17.0 Å². The summed E-state index contributed by atoms with van der Waals surface area (Å²) in [4.78, 5) is 3.99. The first-order chi connectivity index (χ1) is 4.33. The van der Waals surface area contributed by atoms with Gasteiger partial charge in [0.05, 0.1) is 0 Å². The van der Waals surface area contributed by atoms with Crippen molar-refractivity contribution in [2.24, 2.45) is 5.73 Å². The minimum absolute atomic E-state index is 0. The molecule has 0 unspecified atom stereocenters. The van der Waals surface area contributed by atoms with Crippen LogP contribution in [-0.2, 0) is 6.42 Å². The summed E-state index contributed by atoms with van der Waals surface area (Å²) in [5.41, 5.74) is 5.27. The highest BCUT2D eigenvalue weighted by Crippen LogP contribution is 2.07. The van der Waals surface area contributed by atoms with E-state index < -0.39 is 0 Å². The van der Waals surface area contributed by atoms with Gasteiger partial charge >= 0.3 is 0 Å². The molecular formula is C4H8BrN3S2. The number of hydrogen-bond acceptors (Lipinski definition) is 5. The Morgan fingerprint density at radius 3 is 2.70 bits per heavy atom. The lowest BCUT2D eigenvalue weighted by Crippen LogP contribution is -2.03. The van der Waals surface area contributed by atoms with E-state index in [2.05, 4.69) is 22.0 Å². The van der Waals surface area contributed by atoms with Crippen molar-refractivity contribution < 1.29 is 0 Å². The highest BCUT2D eigenvalue weighted by atomic mass is 79.9. The lowest BCUT2D eigenvalue weighted by atomic mass is 10.4. The van der Waals surface area contributed by atoms with Crippen molar-refractivity contribution in [2.75, 3.05) is 6.54 Å². The molecule has 0 spiro atoms. The van der Waals surface area contributed by atoms with Gasteiger partial charge in [0.1, 0.15) is 5.82 Å². The van der Waals surface area contributed by atoms with Crippen molar-refractivity contribution in [3.8, 4) is 0 Å². The summed E-state index contributed by atoms with van der Waals surface area (Å²) in [7, 11) is 0. The third kappa shape index (κ3) is 2.96. The molecule has 1 heterocycles. The van der Waals surface area contributed by atoms with Crippen LogP contribution in [-0.4, -0.2) is 15.9 Å². The van der Waals surface area contributed by atoms with E-state index in [0.717, 1.165) is 12.2 Å². The average molecular weight is 242 g/mol. The van der Waals surface area contributed by atoms with Crippen molar-refractivity contribution in [3.05, 3.63) is 5.82 Å². The first-order valence-corrected chi connectivity index (χ1v) is 3.76. The van der Waals surface area contributed by atoms with Gasteiger partial charge in [0.2, 0.25) is 0 Å². The van der Waals surface area contributed by atoms with Crippen LogP contribution in [0.15, 0.2) is 4.34 Å². The number of nitrogens with two attached hydrogens (primary N) is 1. The van der Waals surface area contributed by atoms with E-state index in [4.69, 9.17) is 5.73 Å². The number of thiol groups is 1. The van der Waals surface area contributed by atoms with Crippen LogP contribution in [0.4, 0.5) is 0 Å². The number of halogens is 1. The highest BCUT2D eigenvalue weighted by molar-refractivity contribution is 8.93. The second-order valence-electron chi connectivity index (χ2n) is 1.53. The van der Waals surface area contributed by atoms with Crippen molar-refractivity contribution in [1.29, 1.82) is 0 Å². The largest absolute Gasteiger partial charge is 0.330 e. The van der Waals surface area contributed by atoms with Crippen molar-refractivity contribution >= 4 is 41.1 Å². The molecule has 0 fully saturated rings. The van der Waals surface area contributed by atoms with Crippen LogP contribution < -0.4 is 5.73 Å². The molecule has 0 radical (unpaired) electrons. The van der Waals surface area contributed by atoms with Gasteiger partial charge < -0.3 is 5.73 Å². The fourth-order valence-corrected chi connectivity index (χ4v) is 1.18. The molecule has 2 N–H and O–H groups in total. The van der Waals surface area contributed by atoms with Gasteiger partial charge in [0.15, 0.2) is 4.34 Å². The standard InChI is InChI=1S/C4H7N3S2.BrH/c5-2-1-3-6-4(8)9-7-3;/h1-2,5H2,(H,6,7,8);1H. The Morgan fingerprint density at radius 2 is 2.30 bits per heavy atom. The fraction of sp³-hybridized carbons (Fsp3) is 0.500. The number of aromatic nitrogens is 2. The Bertz CT molecular complexity index is 190. The zero-order chi connectivity index (χ0) is 6.69. The third-order valence-corrected chi connectivity index (χ3v) is 1.73. The Balaban J connectivity index is 0.000000810. The van der Waals surface area contributed by atoms with Crippen LogP contribution in [0.3, 0.4) is 0 Å². The molecule has 0 bridgehead atoms. The molecule has 0 aliphatic heterocycles. The average Bonchev–Trinajstić information content (AvgIpc) is 2.17. The summed E-state index contributed by atoms with van der Waals surface area (Å²) < 4.78 is 4.69. The van der Waals surface area contributed by atoms with E-state index in [1.807, 2.05) is 0 Å². The maximum Gasteiger partial charge on any atom is 0.167 e. The van der Waals surface area contributed by atoms with E-state index >= 15 is 0 Å². The minimum atomic E-state index is 0. The highest BCUT2D eigenvalue weighted by Gasteiger charge is 1.96. The van der Waals surface area contributed by atoms with Crippen LogP contribution in [0, 0.1) is 0 Å². The molecule has 0 amide bonds. The zero-order valence-electron chi connectivity index (χ0n) is 5.15. The van der Waals surface area contributed by atoms with Gasteiger partial charge in [-0.15, -0.1) is 29.6 Å². The molecule has 0 aromatic carbocycles. The Morgan fingerprint density at radius 1 is 1.60 bits per heavy atom. The van der Waals surface area contributed by atoms with Gasteiger partial charge in [-0.25, -0.2) is 4.98 Å². The first-order valence-electron chi connectivity index (χ1n) is 2.54. The fourth-order valence-electron chi connectivity index (χ4n) is 0.475. The summed E-state index contributed by atoms with van der Waals surface area (Å²) in [6, 6.07) is 0. The molecule has 10 heavy (non-hydrogen) atoms. The van der Waals surface area contributed by atoms with Crippen LogP contribution in [0.25, 0.3) is 0 Å². The van der Waals surface area contributed by atoms with E-state index in [1.165, 1.54) is 11.5 Å². The van der Waals surface area contributed by atoms with Crippen molar-refractivity contribution in [1.82, 2.24) is 9.36 Å². The molecule has 1 aromatic rings. The number of rotatable bonds is 2. The molecular weight excluding hydrogens is 234 g/mol. The summed E-state index contributed by atoms with van der Waals surface area (Å²) in [5, 5.41) is 0. The maximum absolute atomic E-state index is 5.27. The maximum atomic E-state index is 5.27. The molecule has 0 aliphatic carbocycles. The molecule has 0 saturated carbocycles. The quantitative estimate of drug-likeness (QED) is 0.758. The molecule has 6 heteroatoms. The van der Waals surface area contributed by atoms with Crippen LogP contribution in [0.1, 0.15) is 5.82 Å². The number of nitrogens with zero attached hydrogens (tertiary/aromatic N) is 2. The summed E-state index contributed by atoms with van der Waals surface area (Å²) in [5.74, 6) is 0.799. The van der Waals surface area contributed by atoms with Gasteiger partial charge in [0, 0.05) is 6.42 Å². The molecule has 3 nitrogen and oxygen atoms in total. The summed E-state index contributed by atoms with van der Waals surface area (Å²) in [6.45, 7) is 0.601. The van der Waals surface area contributed by atoms with Gasteiger partial charge in [-0.3, -0.25) is 0 Å². The Labute approximate surface area is 79.4 Å². The monoisotopic (exact) mass is 241 g/mol. The van der Waals surface area contributed by atoms with Crippen LogP contribution in [0.2, 0.25) is 0 Å². The second kappa shape index (κ2) is 5.06. The van der Waals surface area contributed by atoms with Crippen molar-refractivity contribution in [2.45, 2.75) is 10.8 Å². The van der Waals surface area contributed by atoms with Crippen molar-refractivity contribution in [3.63, 3.8) is 0 Å². The zero-order valence-corrected chi connectivity index (χ0v) is 8.57. The van der Waals surface area contributed by atoms with Gasteiger partial charge in [-0.1, -0.05) is 0 Å². The van der Waals surface area contributed by atoms with Gasteiger partial charge in [-0.05, 0) is 18.1 Å². The topological polar surface area (TPSA) is 51.8 Å². The molecule has 58 valence electrons. The Kier molecular flexibility index (Phi) is 5.24. The van der Waals surface area contributed by atoms with Crippen LogP contribution >= 0.6 is 41.1 Å². The molecule has 0 atom stereocenters. The molecule has 1 aromatic heterocycles. The second-order valence-corrected chi connectivity index (χ2v) is 3.01. The van der Waals surface area contributed by atoms with Crippen LogP contribution in [0.5, 0.6) is 0 Å². The predicted molar refractivity (Wildman–Crippen MR) is 50.2 cm³/mol. The lowest BCUT2D eigenvalue weighted by Gasteiger charge is -1.84. The minimum Gasteiger partial charge on any atom is -0.330 e. The smallest absolute Gasteiger partial charge is 0.167 e. The number of hydrogen-bond donors (Lipinski definition) is 2. The summed E-state index contributed by atoms with van der Waals surface area (Å²) in [6.07, 6.45) is 0.747. The molecule has 1 rings (SSSR count). The molecule has 0 aliphatic rings. The Hall–Kier alpha value is 0.350. The van der Waals surface area contributed by atoms with E-state index in [0.29, 0.717) is 10.9 Å². The van der Waals surface area contributed by atoms with E-state index in [9.17, 15) is 0 Å². The summed E-state index contributed by atoms with van der Waals surface area (Å²) >= 11 is 5.29. The first kappa shape index (κ1) is 10.3. The van der Waals surface area contributed by atoms with Gasteiger partial charge in [-0.2, -0.15) is 4.37 Å². The lowest BCUT2D eigenvalue weighted by molar-refractivity contribution is 0.887. The normalized spacial score (nSPS) is 9.00. The predicted octanol–water partition coefficient (Wildman–Crippen LogP) is 0.906.